The molecule has 9 rings (SSSR count). The molecule has 4 aliphatic carbocycles. The molecule has 242 valence electrons. The molecule has 2 bridgehead atoms. The van der Waals surface area contributed by atoms with Gasteiger partial charge in [-0.15, -0.1) is 0 Å². The minimum absolute atomic E-state index is 0.0717. The molecule has 1 N–H and O–H groups in total. The van der Waals surface area contributed by atoms with Gasteiger partial charge in [-0.3, -0.25) is 29.4 Å². The van der Waals surface area contributed by atoms with Crippen LogP contribution in [0.2, 0.25) is 0 Å². The molecule has 8 aliphatic rings. The topological polar surface area (TPSA) is 99.3 Å². The summed E-state index contributed by atoms with van der Waals surface area (Å²) in [5.41, 5.74) is 1.50. The third kappa shape index (κ3) is 4.78. The summed E-state index contributed by atoms with van der Waals surface area (Å²) in [5, 5.41) is 2.31. The van der Waals surface area contributed by atoms with Crippen LogP contribution in [0, 0.1) is 22.7 Å². The molecule has 4 amide bonds. The summed E-state index contributed by atoms with van der Waals surface area (Å²) in [5.74, 6) is -2.33. The van der Waals surface area contributed by atoms with Crippen LogP contribution in [-0.4, -0.2) is 88.6 Å². The maximum absolute atomic E-state index is 15.5. The van der Waals surface area contributed by atoms with Crippen molar-refractivity contribution in [1.82, 2.24) is 20.0 Å². The van der Waals surface area contributed by atoms with Crippen molar-refractivity contribution in [2.24, 2.45) is 22.7 Å². The number of fused-ring (bicyclic) bond motifs is 1. The summed E-state index contributed by atoms with van der Waals surface area (Å²) in [6, 6.07) is 3.33. The summed E-state index contributed by atoms with van der Waals surface area (Å²) < 4.78 is 37.3. The number of hydrogen-bond donors (Lipinski definition) is 1. The number of carbonyl (C=O) groups excluding carboxylic acids is 4. The van der Waals surface area contributed by atoms with E-state index in [0.29, 0.717) is 66.0 Å². The molecule has 4 saturated carbocycles. The Balaban J connectivity index is 0.887. The van der Waals surface area contributed by atoms with Gasteiger partial charge in [-0.2, -0.15) is 0 Å². The Labute approximate surface area is 262 Å². The minimum atomic E-state index is -2.86. The van der Waals surface area contributed by atoms with Crippen molar-refractivity contribution in [3.8, 4) is 5.75 Å². The van der Waals surface area contributed by atoms with Crippen LogP contribution in [0.5, 0.6) is 5.75 Å². The quantitative estimate of drug-likeness (QED) is 0.485. The van der Waals surface area contributed by atoms with Crippen molar-refractivity contribution < 1.29 is 32.7 Å². The number of ether oxygens (including phenoxy) is 1. The van der Waals surface area contributed by atoms with E-state index < -0.39 is 30.0 Å². The van der Waals surface area contributed by atoms with Gasteiger partial charge in [0.2, 0.25) is 17.7 Å². The van der Waals surface area contributed by atoms with Gasteiger partial charge in [-0.05, 0) is 92.4 Å². The second kappa shape index (κ2) is 10.2. The Bertz CT molecular complexity index is 1430. The normalized spacial score (nSPS) is 36.5. The third-order valence-corrected chi connectivity index (χ3v) is 12.1. The summed E-state index contributed by atoms with van der Waals surface area (Å²) in [4.78, 5) is 55.6. The Morgan fingerprint density at radius 3 is 2.42 bits per heavy atom. The number of imide groups is 1. The van der Waals surface area contributed by atoms with E-state index in [1.165, 1.54) is 4.90 Å². The monoisotopic (exact) mass is 624 g/mol. The molecule has 1 aromatic rings. The number of benzene rings is 1. The highest BCUT2D eigenvalue weighted by Gasteiger charge is 2.69. The number of nitrogens with one attached hydrogen (secondary N) is 1. The van der Waals surface area contributed by atoms with Crippen molar-refractivity contribution in [1.29, 1.82) is 0 Å². The molecule has 0 aromatic heterocycles. The summed E-state index contributed by atoms with van der Waals surface area (Å²) >= 11 is 0. The Kier molecular flexibility index (Phi) is 6.65. The predicted octanol–water partition coefficient (Wildman–Crippen LogP) is 3.74. The van der Waals surface area contributed by atoms with E-state index >= 15 is 8.78 Å². The smallest absolute Gasteiger partial charge is 0.266 e. The second-order valence-electron chi connectivity index (χ2n) is 15.4. The molecule has 3 saturated heterocycles. The maximum Gasteiger partial charge on any atom is 0.266 e. The van der Waals surface area contributed by atoms with Gasteiger partial charge < -0.3 is 14.5 Å². The first-order valence-electron chi connectivity index (χ1n) is 16.8. The summed E-state index contributed by atoms with van der Waals surface area (Å²) in [6.45, 7) is 5.30. The van der Waals surface area contributed by atoms with Gasteiger partial charge >= 0.3 is 0 Å². The van der Waals surface area contributed by atoms with Gasteiger partial charge in [0.25, 0.3) is 11.8 Å². The van der Waals surface area contributed by atoms with Crippen LogP contribution < -0.4 is 10.1 Å². The highest BCUT2D eigenvalue weighted by Crippen LogP contribution is 2.73. The van der Waals surface area contributed by atoms with Crippen LogP contribution in [0.3, 0.4) is 0 Å². The number of likely N-dealkylation sites (tertiary alicyclic amines) is 2. The molecule has 0 radical (unpaired) electrons. The molecular formula is C34H42F2N4O5. The van der Waals surface area contributed by atoms with Crippen molar-refractivity contribution in [2.75, 3.05) is 26.2 Å². The summed E-state index contributed by atoms with van der Waals surface area (Å²) in [7, 11) is 0. The van der Waals surface area contributed by atoms with Crippen LogP contribution in [0.4, 0.5) is 8.78 Å². The van der Waals surface area contributed by atoms with Crippen LogP contribution >= 0.6 is 0 Å². The van der Waals surface area contributed by atoms with Gasteiger partial charge in [0.1, 0.15) is 23.9 Å². The molecule has 7 fully saturated rings. The fourth-order valence-corrected chi connectivity index (χ4v) is 10.0. The largest absolute Gasteiger partial charge is 0.489 e. The Morgan fingerprint density at radius 2 is 1.73 bits per heavy atom. The molecule has 9 nitrogen and oxygen atoms in total. The molecule has 3 atom stereocenters. The molecule has 1 unspecified atom stereocenters. The zero-order chi connectivity index (χ0) is 31.3. The Morgan fingerprint density at radius 1 is 1.00 bits per heavy atom. The molecule has 45 heavy (non-hydrogen) atoms. The molecular weight excluding hydrogens is 582 g/mol. The number of piperidine rings is 2. The minimum Gasteiger partial charge on any atom is -0.489 e. The van der Waals surface area contributed by atoms with E-state index in [4.69, 9.17) is 4.74 Å². The van der Waals surface area contributed by atoms with Crippen LogP contribution in [-0.2, 0) is 20.9 Å². The van der Waals surface area contributed by atoms with E-state index in [2.05, 4.69) is 17.1 Å². The average molecular weight is 625 g/mol. The molecule has 4 heterocycles. The highest BCUT2D eigenvalue weighted by atomic mass is 19.3. The van der Waals surface area contributed by atoms with Crippen LogP contribution in [0.1, 0.15) is 87.1 Å². The van der Waals surface area contributed by atoms with Crippen LogP contribution in [0.25, 0.3) is 0 Å². The first-order chi connectivity index (χ1) is 21.4. The lowest BCUT2D eigenvalue weighted by molar-refractivity contribution is -0.211. The third-order valence-electron chi connectivity index (χ3n) is 12.1. The van der Waals surface area contributed by atoms with Gasteiger partial charge in [-0.25, -0.2) is 8.78 Å². The number of hydrogen-bond acceptors (Lipinski definition) is 6. The van der Waals surface area contributed by atoms with Gasteiger partial charge in [-0.1, -0.05) is 6.92 Å². The lowest BCUT2D eigenvalue weighted by atomic mass is 9.35. The maximum atomic E-state index is 15.5. The van der Waals surface area contributed by atoms with Crippen molar-refractivity contribution in [3.63, 3.8) is 0 Å². The fourth-order valence-electron chi connectivity index (χ4n) is 10.0. The second-order valence-corrected chi connectivity index (χ2v) is 15.4. The number of rotatable bonds is 6. The molecule has 4 aliphatic heterocycles. The highest BCUT2D eigenvalue weighted by molar-refractivity contribution is 6.05. The average Bonchev–Trinajstić information content (AvgIpc) is 3.26. The van der Waals surface area contributed by atoms with Crippen LogP contribution in [0.15, 0.2) is 18.2 Å². The summed E-state index contributed by atoms with van der Waals surface area (Å²) in [6.07, 6.45) is 5.56. The number of halogens is 2. The van der Waals surface area contributed by atoms with E-state index in [9.17, 15) is 19.2 Å². The number of alkyl halides is 2. The first-order valence-corrected chi connectivity index (χ1v) is 16.8. The molecule has 0 spiro atoms. The van der Waals surface area contributed by atoms with Crippen molar-refractivity contribution in [2.45, 2.75) is 102 Å². The van der Waals surface area contributed by atoms with E-state index in [0.717, 1.165) is 45.2 Å². The molecule has 11 heteroatoms. The standard InChI is InChI=1S/C34H42F2N4O5/c1-32-17-33(18-32,19-32)31(44)38-11-8-20(9-12-38)22-14-39(15-22)28-26(3-2-10-34(28,35)36)45-23-4-5-24-21(13-23)16-40(30(24)43)25-6-7-27(41)37-29(25)42/h4-5,13,20,22,25-26,28H,2-3,6-12,14-19H2,1H3,(H,37,41,42)/t25?,26-,28-,32?,33?/m1/s1. The van der Waals surface area contributed by atoms with E-state index in [-0.39, 0.29) is 43.0 Å². The molecule has 1 aromatic carbocycles. The van der Waals surface area contributed by atoms with Gasteiger partial charge in [0.15, 0.2) is 0 Å². The number of amides is 4. The lowest BCUT2D eigenvalue weighted by Gasteiger charge is -2.69. The van der Waals surface area contributed by atoms with Crippen molar-refractivity contribution in [3.05, 3.63) is 29.3 Å². The number of carbonyl (C=O) groups is 4. The zero-order valence-electron chi connectivity index (χ0n) is 25.9. The SMILES string of the molecule is CC12CC(C(=O)N3CCC(C4CN([C@@H]5[C@H](Oc6ccc7c(c6)CN(C6CCC(=O)NC6=O)C7=O)CCCC5(F)F)C4)CC3)(C1)C2. The van der Waals surface area contributed by atoms with Gasteiger partial charge in [0.05, 0.1) is 5.41 Å². The predicted molar refractivity (Wildman–Crippen MR) is 158 cm³/mol. The first kappa shape index (κ1) is 29.3. The van der Waals surface area contributed by atoms with Gasteiger partial charge in [0, 0.05) is 51.1 Å². The van der Waals surface area contributed by atoms with Crippen molar-refractivity contribution >= 4 is 23.6 Å². The van der Waals surface area contributed by atoms with E-state index in [1.807, 2.05) is 4.90 Å². The fraction of sp³-hybridized carbons (Fsp3) is 0.706. The zero-order valence-corrected chi connectivity index (χ0v) is 25.9. The Hall–Kier alpha value is -3.08. The van der Waals surface area contributed by atoms with E-state index in [1.54, 1.807) is 18.2 Å². The lowest BCUT2D eigenvalue weighted by Crippen LogP contribution is -2.68. The number of nitrogens with zero attached hydrogens (tertiary/aromatic N) is 3.